The fourth-order valence-corrected chi connectivity index (χ4v) is 4.86. The minimum Gasteiger partial charge on any atom is -0.251 e. The molecule has 0 bridgehead atoms. The van der Waals surface area contributed by atoms with E-state index < -0.39 is 29.2 Å². The topological polar surface area (TPSA) is 0 Å². The Balaban J connectivity index is 0.000000266. The van der Waals surface area contributed by atoms with Gasteiger partial charge in [0.15, 0.2) is 0 Å². The molecule has 3 aromatic rings. The van der Waals surface area contributed by atoms with Crippen molar-refractivity contribution in [1.29, 1.82) is 0 Å². The molecular weight excluding hydrogens is 493 g/mol. The zero-order valence-corrected chi connectivity index (χ0v) is 20.7. The summed E-state index contributed by atoms with van der Waals surface area (Å²) in [5.74, 6) is -0.942. The Bertz CT molecular complexity index is 1110. The molecule has 37 heavy (non-hydrogen) atoms. The van der Waals surface area contributed by atoms with Gasteiger partial charge >= 0.3 is 6.18 Å². The van der Waals surface area contributed by atoms with Gasteiger partial charge in [-0.15, -0.1) is 0 Å². The summed E-state index contributed by atoms with van der Waals surface area (Å²) in [6.45, 7) is 2.15. The molecule has 1 saturated carbocycles. The Labute approximate surface area is 213 Å². The fraction of sp³-hybridized carbons (Fsp3) is 0.400. The van der Waals surface area contributed by atoms with E-state index in [1.807, 2.05) is 0 Å². The molecule has 1 aliphatic carbocycles. The number of alkyl halides is 4. The monoisotopic (exact) mass is 524 g/mol. The molecule has 0 aliphatic heterocycles. The molecule has 0 aromatic heterocycles. The lowest BCUT2D eigenvalue weighted by atomic mass is 9.79. The molecule has 0 saturated heterocycles. The molecule has 1 fully saturated rings. The molecule has 0 amide bonds. The molecule has 0 nitrogen and oxygen atoms in total. The number of hydrogen-bond acceptors (Lipinski definition) is 0. The third kappa shape index (κ3) is 8.08. The van der Waals surface area contributed by atoms with E-state index in [4.69, 9.17) is 0 Å². The van der Waals surface area contributed by atoms with Gasteiger partial charge in [-0.25, -0.2) is 13.2 Å². The minimum absolute atomic E-state index is 0.00587. The summed E-state index contributed by atoms with van der Waals surface area (Å²) >= 11 is 0. The highest BCUT2D eigenvalue weighted by atomic mass is 19.4. The lowest BCUT2D eigenvalue weighted by Gasteiger charge is -2.27. The first-order chi connectivity index (χ1) is 17.6. The number of halogens is 7. The lowest BCUT2D eigenvalue weighted by molar-refractivity contribution is -0.139. The van der Waals surface area contributed by atoms with Crippen LogP contribution in [0.15, 0.2) is 60.7 Å². The Kier molecular flexibility index (Phi) is 10.2. The van der Waals surface area contributed by atoms with Crippen molar-refractivity contribution in [2.24, 2.45) is 11.8 Å². The standard InChI is InChI=1S/C19H10F6.C11H21F/c20-14-5-1-11(2-6-14)12-3-7-15(17(21)9-12)13-4-8-16(18(22)10-13)19(23,24)25;1-2-3-10-4-6-11(7-5-10)8-9-12/h1-10H;10-11H,2-9H2,1H3. The molecule has 200 valence electrons. The van der Waals surface area contributed by atoms with Gasteiger partial charge in [0.05, 0.1) is 12.2 Å². The average Bonchev–Trinajstić information content (AvgIpc) is 2.85. The third-order valence-corrected chi connectivity index (χ3v) is 6.91. The van der Waals surface area contributed by atoms with Gasteiger partial charge in [0, 0.05) is 5.56 Å². The molecule has 0 unspecified atom stereocenters. The Morgan fingerprint density at radius 1 is 0.676 bits per heavy atom. The van der Waals surface area contributed by atoms with Crippen LogP contribution in [0.25, 0.3) is 22.3 Å². The first kappa shape index (κ1) is 28.7. The van der Waals surface area contributed by atoms with Crippen LogP contribution in [-0.4, -0.2) is 6.67 Å². The first-order valence-corrected chi connectivity index (χ1v) is 12.6. The van der Waals surface area contributed by atoms with E-state index in [9.17, 15) is 30.7 Å². The smallest absolute Gasteiger partial charge is 0.251 e. The van der Waals surface area contributed by atoms with Crippen LogP contribution >= 0.6 is 0 Å². The SMILES string of the molecule is CCCC1CCC(CCF)CC1.Fc1ccc(-c2ccc(-c3ccc(C(F)(F)F)c(F)c3)c(F)c2)cc1. The predicted octanol–water partition coefficient (Wildman–Crippen LogP) is 10.4. The highest BCUT2D eigenvalue weighted by Crippen LogP contribution is 2.35. The molecule has 4 rings (SSSR count). The van der Waals surface area contributed by atoms with E-state index >= 15 is 0 Å². The van der Waals surface area contributed by atoms with Gasteiger partial charge in [-0.3, -0.25) is 4.39 Å². The minimum atomic E-state index is -4.81. The molecule has 0 spiro atoms. The molecule has 0 N–H and O–H groups in total. The maximum Gasteiger partial charge on any atom is 0.419 e. The van der Waals surface area contributed by atoms with Crippen LogP contribution in [0.5, 0.6) is 0 Å². The van der Waals surface area contributed by atoms with Gasteiger partial charge in [-0.1, -0.05) is 75.8 Å². The van der Waals surface area contributed by atoms with Crippen LogP contribution in [0, 0.1) is 29.3 Å². The summed E-state index contributed by atoms with van der Waals surface area (Å²) in [6, 6.07) is 11.7. The highest BCUT2D eigenvalue weighted by Gasteiger charge is 2.34. The number of benzene rings is 3. The molecule has 0 atom stereocenters. The van der Waals surface area contributed by atoms with Crippen molar-refractivity contribution in [1.82, 2.24) is 0 Å². The van der Waals surface area contributed by atoms with Crippen molar-refractivity contribution in [3.63, 3.8) is 0 Å². The van der Waals surface area contributed by atoms with Crippen molar-refractivity contribution >= 4 is 0 Å². The maximum atomic E-state index is 14.3. The molecule has 0 heterocycles. The van der Waals surface area contributed by atoms with Crippen molar-refractivity contribution in [3.8, 4) is 22.3 Å². The van der Waals surface area contributed by atoms with Crippen molar-refractivity contribution in [3.05, 3.63) is 83.7 Å². The van der Waals surface area contributed by atoms with Gasteiger partial charge < -0.3 is 0 Å². The van der Waals surface area contributed by atoms with E-state index in [0.717, 1.165) is 24.5 Å². The van der Waals surface area contributed by atoms with E-state index in [0.29, 0.717) is 29.2 Å². The third-order valence-electron chi connectivity index (χ3n) is 6.91. The maximum absolute atomic E-state index is 14.3. The first-order valence-electron chi connectivity index (χ1n) is 12.6. The van der Waals surface area contributed by atoms with Crippen LogP contribution < -0.4 is 0 Å². The molecule has 0 radical (unpaired) electrons. The van der Waals surface area contributed by atoms with Crippen molar-refractivity contribution < 1.29 is 30.7 Å². The second kappa shape index (κ2) is 13.1. The number of hydrogen-bond donors (Lipinski definition) is 0. The second-order valence-electron chi connectivity index (χ2n) is 9.55. The van der Waals surface area contributed by atoms with Crippen molar-refractivity contribution in [2.45, 2.75) is 58.0 Å². The Morgan fingerprint density at radius 2 is 1.22 bits per heavy atom. The van der Waals surface area contributed by atoms with E-state index in [2.05, 4.69) is 6.92 Å². The summed E-state index contributed by atoms with van der Waals surface area (Å²) in [5.41, 5.74) is -0.397. The summed E-state index contributed by atoms with van der Waals surface area (Å²) in [6.07, 6.45) is 4.01. The van der Waals surface area contributed by atoms with Crippen LogP contribution in [0.3, 0.4) is 0 Å². The molecule has 7 heteroatoms. The van der Waals surface area contributed by atoms with E-state index in [-0.39, 0.29) is 17.8 Å². The van der Waals surface area contributed by atoms with Gasteiger partial charge in [-0.05, 0) is 65.3 Å². The molecule has 1 aliphatic rings. The normalized spacial score (nSPS) is 17.7. The van der Waals surface area contributed by atoms with Crippen molar-refractivity contribution in [2.75, 3.05) is 6.67 Å². The summed E-state index contributed by atoms with van der Waals surface area (Å²) in [4.78, 5) is 0. The van der Waals surface area contributed by atoms with Gasteiger partial charge in [0.2, 0.25) is 0 Å². The second-order valence-corrected chi connectivity index (χ2v) is 9.55. The highest BCUT2D eigenvalue weighted by molar-refractivity contribution is 5.71. The Hall–Kier alpha value is -2.83. The zero-order valence-electron chi connectivity index (χ0n) is 20.7. The van der Waals surface area contributed by atoms with Gasteiger partial charge in [-0.2, -0.15) is 13.2 Å². The Morgan fingerprint density at radius 3 is 1.73 bits per heavy atom. The van der Waals surface area contributed by atoms with E-state index in [1.54, 1.807) is 0 Å². The lowest BCUT2D eigenvalue weighted by Crippen LogP contribution is -2.14. The molecular formula is C30H31F7. The zero-order chi connectivity index (χ0) is 27.0. The van der Waals surface area contributed by atoms with Gasteiger partial charge in [0.25, 0.3) is 0 Å². The van der Waals surface area contributed by atoms with Crippen LogP contribution in [-0.2, 0) is 6.18 Å². The predicted molar refractivity (Wildman–Crippen MR) is 133 cm³/mol. The summed E-state index contributed by atoms with van der Waals surface area (Å²) in [5, 5.41) is 0. The van der Waals surface area contributed by atoms with E-state index in [1.165, 1.54) is 74.9 Å². The van der Waals surface area contributed by atoms with Gasteiger partial charge in [0.1, 0.15) is 17.5 Å². The van der Waals surface area contributed by atoms with Crippen LogP contribution in [0.1, 0.15) is 57.4 Å². The summed E-state index contributed by atoms with van der Waals surface area (Å²) < 4.78 is 90.7. The number of rotatable bonds is 6. The van der Waals surface area contributed by atoms with Crippen LogP contribution in [0.4, 0.5) is 30.7 Å². The fourth-order valence-electron chi connectivity index (χ4n) is 4.86. The summed E-state index contributed by atoms with van der Waals surface area (Å²) in [7, 11) is 0. The average molecular weight is 525 g/mol. The largest absolute Gasteiger partial charge is 0.419 e. The quantitative estimate of drug-likeness (QED) is 0.281. The molecule has 3 aromatic carbocycles. The van der Waals surface area contributed by atoms with Crippen LogP contribution in [0.2, 0.25) is 0 Å².